The molecule has 18 heavy (non-hydrogen) atoms. The fraction of sp³-hybridized carbons (Fsp3) is 0.786. The molecule has 102 valence electrons. The molecule has 0 radical (unpaired) electrons. The van der Waals surface area contributed by atoms with E-state index in [1.54, 1.807) is 0 Å². The molecule has 1 aliphatic rings. The predicted octanol–water partition coefficient (Wildman–Crippen LogP) is 3.69. The van der Waals surface area contributed by atoms with Gasteiger partial charge in [-0.3, -0.25) is 4.68 Å². The zero-order valence-corrected chi connectivity index (χ0v) is 13.0. The number of nitrogens with zero attached hydrogens (tertiary/aromatic N) is 2. The minimum atomic E-state index is 0.647. The van der Waals surface area contributed by atoms with Gasteiger partial charge in [0.1, 0.15) is 0 Å². The lowest BCUT2D eigenvalue weighted by Gasteiger charge is -2.22. The lowest BCUT2D eigenvalue weighted by Crippen LogP contribution is -2.29. The quantitative estimate of drug-likeness (QED) is 0.859. The Morgan fingerprint density at radius 2 is 2.17 bits per heavy atom. The molecule has 1 aliphatic carbocycles. The predicted molar refractivity (Wildman–Crippen MR) is 78.9 cm³/mol. The molecule has 0 spiro atoms. The van der Waals surface area contributed by atoms with Crippen molar-refractivity contribution >= 4 is 15.9 Å². The van der Waals surface area contributed by atoms with Gasteiger partial charge < -0.3 is 5.32 Å². The normalized spacial score (nSPS) is 25.1. The molecule has 1 fully saturated rings. The minimum Gasteiger partial charge on any atom is -0.314 e. The SMILES string of the molecule is CCNC1CCCCC(c2c(Br)cnn2CC)C1. The number of halogens is 1. The van der Waals surface area contributed by atoms with Gasteiger partial charge in [0.25, 0.3) is 0 Å². The number of hydrogen-bond donors (Lipinski definition) is 1. The summed E-state index contributed by atoms with van der Waals surface area (Å²) in [5.41, 5.74) is 1.40. The summed E-state index contributed by atoms with van der Waals surface area (Å²) in [6, 6.07) is 0.676. The summed E-state index contributed by atoms with van der Waals surface area (Å²) in [5, 5.41) is 8.09. The van der Waals surface area contributed by atoms with Crippen LogP contribution in [0, 0.1) is 0 Å². The highest BCUT2D eigenvalue weighted by atomic mass is 79.9. The van der Waals surface area contributed by atoms with Crippen molar-refractivity contribution in [2.75, 3.05) is 6.54 Å². The molecule has 1 heterocycles. The molecule has 1 N–H and O–H groups in total. The number of rotatable bonds is 4. The van der Waals surface area contributed by atoms with Crippen LogP contribution in [-0.4, -0.2) is 22.4 Å². The van der Waals surface area contributed by atoms with Crippen LogP contribution in [0.5, 0.6) is 0 Å². The molecule has 0 amide bonds. The molecular formula is C14H24BrN3. The van der Waals surface area contributed by atoms with Crippen LogP contribution in [0.4, 0.5) is 0 Å². The van der Waals surface area contributed by atoms with Gasteiger partial charge in [-0.2, -0.15) is 5.10 Å². The Bertz CT molecular complexity index is 375. The van der Waals surface area contributed by atoms with Crippen molar-refractivity contribution in [3.63, 3.8) is 0 Å². The smallest absolute Gasteiger partial charge is 0.0635 e. The Balaban J connectivity index is 2.16. The van der Waals surface area contributed by atoms with Crippen LogP contribution < -0.4 is 5.32 Å². The summed E-state index contributed by atoms with van der Waals surface area (Å²) in [6.45, 7) is 6.41. The third-order valence-electron chi connectivity index (χ3n) is 3.94. The maximum Gasteiger partial charge on any atom is 0.0635 e. The fourth-order valence-corrected chi connectivity index (χ4v) is 3.73. The monoisotopic (exact) mass is 313 g/mol. The van der Waals surface area contributed by atoms with Gasteiger partial charge in [0, 0.05) is 18.5 Å². The zero-order valence-electron chi connectivity index (χ0n) is 11.5. The molecule has 1 aromatic rings. The second-order valence-electron chi connectivity index (χ2n) is 5.17. The first kappa shape index (κ1) is 14.1. The Morgan fingerprint density at radius 1 is 1.39 bits per heavy atom. The summed E-state index contributed by atoms with van der Waals surface area (Å²) in [7, 11) is 0. The summed E-state index contributed by atoms with van der Waals surface area (Å²) in [4.78, 5) is 0. The Hall–Kier alpha value is -0.350. The Kier molecular flexibility index (Phi) is 5.25. The van der Waals surface area contributed by atoms with E-state index in [0.29, 0.717) is 12.0 Å². The summed E-state index contributed by atoms with van der Waals surface area (Å²) in [5.74, 6) is 0.647. The van der Waals surface area contributed by atoms with Crippen molar-refractivity contribution in [3.05, 3.63) is 16.4 Å². The van der Waals surface area contributed by atoms with Crippen LogP contribution >= 0.6 is 15.9 Å². The molecular weight excluding hydrogens is 290 g/mol. The Labute approximate surface area is 118 Å². The largest absolute Gasteiger partial charge is 0.314 e. The molecule has 2 rings (SSSR count). The first-order valence-electron chi connectivity index (χ1n) is 7.20. The Morgan fingerprint density at radius 3 is 2.89 bits per heavy atom. The van der Waals surface area contributed by atoms with Crippen molar-refractivity contribution in [2.45, 2.75) is 64.5 Å². The van der Waals surface area contributed by atoms with E-state index in [9.17, 15) is 0 Å². The minimum absolute atomic E-state index is 0.647. The van der Waals surface area contributed by atoms with Crippen molar-refractivity contribution in [1.29, 1.82) is 0 Å². The summed E-state index contributed by atoms with van der Waals surface area (Å²) in [6.07, 6.45) is 8.51. The maximum absolute atomic E-state index is 4.46. The topological polar surface area (TPSA) is 29.9 Å². The van der Waals surface area contributed by atoms with Gasteiger partial charge >= 0.3 is 0 Å². The van der Waals surface area contributed by atoms with Crippen LogP contribution in [0.2, 0.25) is 0 Å². The highest BCUT2D eigenvalue weighted by Crippen LogP contribution is 2.35. The zero-order chi connectivity index (χ0) is 13.0. The number of aryl methyl sites for hydroxylation is 1. The third-order valence-corrected chi connectivity index (χ3v) is 4.55. The van der Waals surface area contributed by atoms with Crippen molar-refractivity contribution in [3.8, 4) is 0 Å². The van der Waals surface area contributed by atoms with Crippen molar-refractivity contribution in [1.82, 2.24) is 15.1 Å². The van der Waals surface area contributed by atoms with Crippen molar-refractivity contribution < 1.29 is 0 Å². The summed E-state index contributed by atoms with van der Waals surface area (Å²) < 4.78 is 3.34. The van der Waals surface area contributed by atoms with Crippen LogP contribution in [0.15, 0.2) is 10.7 Å². The van der Waals surface area contributed by atoms with Crippen LogP contribution in [0.3, 0.4) is 0 Å². The average molecular weight is 314 g/mol. The first-order chi connectivity index (χ1) is 8.76. The lowest BCUT2D eigenvalue weighted by molar-refractivity contribution is 0.433. The van der Waals surface area contributed by atoms with E-state index in [2.05, 4.69) is 44.9 Å². The van der Waals surface area contributed by atoms with Crippen molar-refractivity contribution in [2.24, 2.45) is 0 Å². The maximum atomic E-state index is 4.46. The van der Waals surface area contributed by atoms with E-state index < -0.39 is 0 Å². The molecule has 0 bridgehead atoms. The van der Waals surface area contributed by atoms with Gasteiger partial charge in [-0.1, -0.05) is 19.8 Å². The first-order valence-corrected chi connectivity index (χ1v) is 8.00. The van der Waals surface area contributed by atoms with E-state index in [1.165, 1.54) is 42.3 Å². The molecule has 1 saturated carbocycles. The average Bonchev–Trinajstić information content (AvgIpc) is 2.59. The molecule has 0 aliphatic heterocycles. The van der Waals surface area contributed by atoms with Gasteiger partial charge in [0.15, 0.2) is 0 Å². The van der Waals surface area contributed by atoms with Gasteiger partial charge in [0.2, 0.25) is 0 Å². The molecule has 0 saturated heterocycles. The molecule has 2 unspecified atom stereocenters. The van der Waals surface area contributed by atoms with E-state index in [-0.39, 0.29) is 0 Å². The molecule has 0 aromatic carbocycles. The second kappa shape index (κ2) is 6.71. The van der Waals surface area contributed by atoms with Gasteiger partial charge in [0.05, 0.1) is 16.4 Å². The van der Waals surface area contributed by atoms with E-state index in [0.717, 1.165) is 13.1 Å². The van der Waals surface area contributed by atoms with E-state index >= 15 is 0 Å². The molecule has 2 atom stereocenters. The van der Waals surface area contributed by atoms with Gasteiger partial charge in [-0.15, -0.1) is 0 Å². The fourth-order valence-electron chi connectivity index (χ4n) is 3.11. The summed E-state index contributed by atoms with van der Waals surface area (Å²) >= 11 is 3.67. The van der Waals surface area contributed by atoms with E-state index in [1.807, 2.05) is 6.20 Å². The number of aromatic nitrogens is 2. The van der Waals surface area contributed by atoms with Crippen LogP contribution in [0.25, 0.3) is 0 Å². The molecule has 4 heteroatoms. The number of nitrogens with one attached hydrogen (secondary N) is 1. The number of hydrogen-bond acceptors (Lipinski definition) is 2. The molecule has 3 nitrogen and oxygen atoms in total. The lowest BCUT2D eigenvalue weighted by atomic mass is 9.94. The molecule has 1 aromatic heterocycles. The van der Waals surface area contributed by atoms with Crippen LogP contribution in [0.1, 0.15) is 57.6 Å². The third kappa shape index (κ3) is 3.15. The highest BCUT2D eigenvalue weighted by Gasteiger charge is 2.25. The standard InChI is InChI=1S/C14H24BrN3/c1-3-16-12-8-6-5-7-11(9-12)14-13(15)10-17-18(14)4-2/h10-12,16H,3-9H2,1-2H3. The highest BCUT2D eigenvalue weighted by molar-refractivity contribution is 9.10. The van der Waals surface area contributed by atoms with Gasteiger partial charge in [-0.05, 0) is 48.7 Å². The van der Waals surface area contributed by atoms with Crippen LogP contribution in [-0.2, 0) is 6.54 Å². The second-order valence-corrected chi connectivity index (χ2v) is 6.02. The van der Waals surface area contributed by atoms with E-state index in [4.69, 9.17) is 0 Å². The van der Waals surface area contributed by atoms with Gasteiger partial charge in [-0.25, -0.2) is 0 Å².